The number of esters is 1. The largest absolute Gasteiger partial charge is 0.416 e. The second-order valence-electron chi connectivity index (χ2n) is 4.43. The molecule has 0 aliphatic heterocycles. The Labute approximate surface area is 140 Å². The van der Waals surface area contributed by atoms with Gasteiger partial charge in [0, 0.05) is 6.07 Å². The number of nitro benzene ring substituents is 1. The van der Waals surface area contributed by atoms with E-state index in [0.29, 0.717) is 6.07 Å². The second kappa shape index (κ2) is 6.56. The molecular weight excluding hydrogens is 402 g/mol. The summed E-state index contributed by atoms with van der Waals surface area (Å²) < 4.78 is 56.0. The van der Waals surface area contributed by atoms with E-state index in [-0.39, 0.29) is 6.07 Å². The van der Waals surface area contributed by atoms with Gasteiger partial charge in [0.2, 0.25) is 5.75 Å². The van der Waals surface area contributed by atoms with Crippen molar-refractivity contribution in [2.75, 3.05) is 0 Å². The number of halogens is 5. The number of hydrogen-bond donors (Lipinski definition) is 0. The van der Waals surface area contributed by atoms with Crippen molar-refractivity contribution in [2.45, 2.75) is 6.18 Å². The van der Waals surface area contributed by atoms with E-state index in [9.17, 15) is 32.5 Å². The van der Waals surface area contributed by atoms with Crippen LogP contribution in [0.4, 0.5) is 23.2 Å². The predicted molar refractivity (Wildman–Crippen MR) is 77.2 cm³/mol. The van der Waals surface area contributed by atoms with Crippen molar-refractivity contribution >= 4 is 27.6 Å². The van der Waals surface area contributed by atoms with Gasteiger partial charge in [0.15, 0.2) is 0 Å². The highest BCUT2D eigenvalue weighted by molar-refractivity contribution is 9.10. The van der Waals surface area contributed by atoms with Gasteiger partial charge in [-0.05, 0) is 34.1 Å². The topological polar surface area (TPSA) is 69.4 Å². The first-order valence-corrected chi connectivity index (χ1v) is 6.92. The fourth-order valence-electron chi connectivity index (χ4n) is 1.75. The number of carbonyl (C=O) groups excluding carboxylic acids is 1. The van der Waals surface area contributed by atoms with Crippen LogP contribution in [0.15, 0.2) is 40.9 Å². The van der Waals surface area contributed by atoms with Crippen molar-refractivity contribution in [2.24, 2.45) is 0 Å². The summed E-state index contributed by atoms with van der Waals surface area (Å²) in [5.41, 5.74) is -2.90. The first kappa shape index (κ1) is 17.9. The van der Waals surface area contributed by atoms with Crippen LogP contribution >= 0.6 is 15.9 Å². The van der Waals surface area contributed by atoms with Gasteiger partial charge in [-0.25, -0.2) is 9.18 Å². The molecule has 2 aromatic carbocycles. The quantitative estimate of drug-likeness (QED) is 0.242. The zero-order valence-corrected chi connectivity index (χ0v) is 13.0. The highest BCUT2D eigenvalue weighted by Crippen LogP contribution is 2.41. The molecule has 0 radical (unpaired) electrons. The number of carbonyl (C=O) groups is 1. The van der Waals surface area contributed by atoms with Crippen LogP contribution in [-0.2, 0) is 6.18 Å². The fraction of sp³-hybridized carbons (Fsp3) is 0.0714. The van der Waals surface area contributed by atoms with E-state index in [4.69, 9.17) is 4.74 Å². The number of alkyl halides is 3. The zero-order chi connectivity index (χ0) is 18.1. The molecule has 0 aliphatic carbocycles. The predicted octanol–water partition coefficient (Wildman–Crippen LogP) is 4.73. The zero-order valence-electron chi connectivity index (χ0n) is 11.4. The molecule has 0 spiro atoms. The molecule has 2 aromatic rings. The number of ether oxygens (including phenoxy) is 1. The first-order valence-electron chi connectivity index (χ1n) is 6.13. The summed E-state index contributed by atoms with van der Waals surface area (Å²) in [4.78, 5) is 21.8. The lowest BCUT2D eigenvalue weighted by Crippen LogP contribution is -2.13. The lowest BCUT2D eigenvalue weighted by atomic mass is 10.1. The molecule has 0 atom stereocenters. The number of nitro groups is 1. The van der Waals surface area contributed by atoms with Gasteiger partial charge in [-0.1, -0.05) is 12.1 Å². The van der Waals surface area contributed by atoms with Crippen LogP contribution in [0.5, 0.6) is 5.75 Å². The average Bonchev–Trinajstić information content (AvgIpc) is 2.48. The molecule has 0 bridgehead atoms. The molecule has 24 heavy (non-hydrogen) atoms. The molecule has 0 aliphatic rings. The van der Waals surface area contributed by atoms with Crippen LogP contribution in [0.1, 0.15) is 15.9 Å². The molecule has 126 valence electrons. The number of nitrogens with zero attached hydrogens (tertiary/aromatic N) is 1. The van der Waals surface area contributed by atoms with Gasteiger partial charge in [0.25, 0.3) is 0 Å². The van der Waals surface area contributed by atoms with Crippen molar-refractivity contribution in [1.82, 2.24) is 0 Å². The normalized spacial score (nSPS) is 11.2. The molecule has 0 heterocycles. The number of benzene rings is 2. The smallest absolute Gasteiger partial charge is 0.414 e. The lowest BCUT2D eigenvalue weighted by molar-refractivity contribution is -0.385. The molecule has 0 aromatic heterocycles. The Hall–Kier alpha value is -2.49. The lowest BCUT2D eigenvalue weighted by Gasteiger charge is -2.11. The maximum Gasteiger partial charge on any atom is 0.416 e. The van der Waals surface area contributed by atoms with Crippen molar-refractivity contribution in [3.05, 3.63) is 67.9 Å². The van der Waals surface area contributed by atoms with E-state index in [0.717, 1.165) is 12.1 Å². The molecule has 0 unspecified atom stereocenters. The van der Waals surface area contributed by atoms with Gasteiger partial charge in [-0.2, -0.15) is 13.2 Å². The minimum absolute atomic E-state index is 0.231. The highest BCUT2D eigenvalue weighted by atomic mass is 79.9. The van der Waals surface area contributed by atoms with E-state index >= 15 is 0 Å². The van der Waals surface area contributed by atoms with Crippen molar-refractivity contribution in [3.8, 4) is 5.75 Å². The van der Waals surface area contributed by atoms with Crippen LogP contribution in [0, 0.1) is 15.9 Å². The summed E-state index contributed by atoms with van der Waals surface area (Å²) in [6.07, 6.45) is -4.83. The van der Waals surface area contributed by atoms with Gasteiger partial charge in [0.1, 0.15) is 5.82 Å². The van der Waals surface area contributed by atoms with Crippen molar-refractivity contribution in [3.63, 3.8) is 0 Å². The standard InChI is InChI=1S/C14H6BrF4NO4/c15-9-5-7(14(17,18)19)6-11(20(22)23)12(9)24-13(21)8-3-1-2-4-10(8)16/h1-6H. The van der Waals surface area contributed by atoms with Crippen LogP contribution in [-0.4, -0.2) is 10.9 Å². The van der Waals surface area contributed by atoms with Gasteiger partial charge < -0.3 is 4.74 Å². The van der Waals surface area contributed by atoms with Crippen molar-refractivity contribution in [1.29, 1.82) is 0 Å². The summed E-state index contributed by atoms with van der Waals surface area (Å²) in [5, 5.41) is 11.0. The molecule has 0 amide bonds. The van der Waals surface area contributed by atoms with Crippen LogP contribution in [0.3, 0.4) is 0 Å². The Balaban J connectivity index is 2.49. The average molecular weight is 408 g/mol. The monoisotopic (exact) mass is 407 g/mol. The molecule has 0 saturated heterocycles. The summed E-state index contributed by atoms with van der Waals surface area (Å²) in [5.74, 6) is -2.97. The molecule has 0 fully saturated rings. The van der Waals surface area contributed by atoms with E-state index in [2.05, 4.69) is 15.9 Å². The Morgan fingerprint density at radius 1 is 1.21 bits per heavy atom. The fourth-order valence-corrected chi connectivity index (χ4v) is 2.28. The van der Waals surface area contributed by atoms with Gasteiger partial charge >= 0.3 is 17.8 Å². The summed E-state index contributed by atoms with van der Waals surface area (Å²) in [6.45, 7) is 0. The Morgan fingerprint density at radius 2 is 1.83 bits per heavy atom. The highest BCUT2D eigenvalue weighted by Gasteiger charge is 2.35. The van der Waals surface area contributed by atoms with Crippen LogP contribution < -0.4 is 4.74 Å². The molecule has 0 saturated carbocycles. The van der Waals surface area contributed by atoms with E-state index in [1.165, 1.54) is 12.1 Å². The number of rotatable bonds is 3. The van der Waals surface area contributed by atoms with Crippen LogP contribution in [0.2, 0.25) is 0 Å². The summed E-state index contributed by atoms with van der Waals surface area (Å²) in [6, 6.07) is 5.43. The summed E-state index contributed by atoms with van der Waals surface area (Å²) >= 11 is 2.70. The second-order valence-corrected chi connectivity index (χ2v) is 5.28. The van der Waals surface area contributed by atoms with Gasteiger partial charge in [-0.3, -0.25) is 10.1 Å². The third kappa shape index (κ3) is 3.70. The Kier molecular flexibility index (Phi) is 4.88. The minimum Gasteiger partial charge on any atom is -0.414 e. The molecule has 5 nitrogen and oxygen atoms in total. The first-order chi connectivity index (χ1) is 11.1. The van der Waals surface area contributed by atoms with Crippen LogP contribution in [0.25, 0.3) is 0 Å². The summed E-state index contributed by atoms with van der Waals surface area (Å²) in [7, 11) is 0. The van der Waals surface area contributed by atoms with E-state index in [1.54, 1.807) is 0 Å². The maximum absolute atomic E-state index is 13.5. The van der Waals surface area contributed by atoms with Gasteiger partial charge in [-0.15, -0.1) is 0 Å². The van der Waals surface area contributed by atoms with Gasteiger partial charge in [0.05, 0.1) is 20.5 Å². The maximum atomic E-state index is 13.5. The molecular formula is C14H6BrF4NO4. The van der Waals surface area contributed by atoms with E-state index in [1.807, 2.05) is 0 Å². The minimum atomic E-state index is -4.83. The van der Waals surface area contributed by atoms with E-state index < -0.39 is 49.9 Å². The third-order valence-electron chi connectivity index (χ3n) is 2.84. The molecule has 0 N–H and O–H groups in total. The molecule has 2 rings (SSSR count). The number of hydrogen-bond acceptors (Lipinski definition) is 4. The Bertz CT molecular complexity index is 823. The SMILES string of the molecule is O=C(Oc1c(Br)cc(C(F)(F)F)cc1[N+](=O)[O-])c1ccccc1F. The molecule has 10 heteroatoms. The third-order valence-corrected chi connectivity index (χ3v) is 3.43. The van der Waals surface area contributed by atoms with Crippen molar-refractivity contribution < 1.29 is 32.0 Å². The Morgan fingerprint density at radius 3 is 2.38 bits per heavy atom.